The Balaban J connectivity index is 1.83. The first kappa shape index (κ1) is 14.8. The molecule has 3 N–H and O–H groups in total. The van der Waals surface area contributed by atoms with Crippen molar-refractivity contribution in [3.8, 4) is 0 Å². The van der Waals surface area contributed by atoms with E-state index in [0.717, 1.165) is 25.9 Å². The van der Waals surface area contributed by atoms with Gasteiger partial charge in [0.1, 0.15) is 0 Å². The molecule has 0 aromatic heterocycles. The van der Waals surface area contributed by atoms with Crippen LogP contribution in [0.1, 0.15) is 29.6 Å². The fraction of sp³-hybridized carbons (Fsp3) is 0.429. The number of halogens is 1. The van der Waals surface area contributed by atoms with Crippen LogP contribution >= 0.6 is 15.9 Å². The van der Waals surface area contributed by atoms with Gasteiger partial charge in [-0.3, -0.25) is 9.59 Å². The summed E-state index contributed by atoms with van der Waals surface area (Å²) in [6.45, 7) is 2.02. The highest BCUT2D eigenvalue weighted by Crippen LogP contribution is 2.23. The number of nitrogens with one attached hydrogen (secondary N) is 1. The lowest BCUT2D eigenvalue weighted by Crippen LogP contribution is -2.32. The first-order valence-corrected chi connectivity index (χ1v) is 7.49. The topological polar surface area (TPSA) is 75.4 Å². The fourth-order valence-electron chi connectivity index (χ4n) is 2.23. The molecule has 0 saturated carbocycles. The molecule has 1 aliphatic heterocycles. The minimum Gasteiger partial charge on any atom is -0.398 e. The van der Waals surface area contributed by atoms with Crippen molar-refractivity contribution in [2.75, 3.05) is 25.4 Å². The van der Waals surface area contributed by atoms with Gasteiger partial charge in [-0.2, -0.15) is 0 Å². The van der Waals surface area contributed by atoms with Crippen LogP contribution in [0.15, 0.2) is 22.7 Å². The number of carbonyl (C=O) groups is 2. The molecule has 20 heavy (non-hydrogen) atoms. The maximum atomic E-state index is 12.0. The highest BCUT2D eigenvalue weighted by atomic mass is 79.9. The lowest BCUT2D eigenvalue weighted by Gasteiger charge is -2.15. The molecule has 0 bridgehead atoms. The van der Waals surface area contributed by atoms with E-state index in [1.807, 2.05) is 4.90 Å². The van der Waals surface area contributed by atoms with Crippen molar-refractivity contribution in [2.24, 2.45) is 0 Å². The molecule has 0 unspecified atom stereocenters. The van der Waals surface area contributed by atoms with Gasteiger partial charge in [0.05, 0.1) is 10.0 Å². The van der Waals surface area contributed by atoms with Gasteiger partial charge in [0.25, 0.3) is 5.91 Å². The molecule has 1 fully saturated rings. The summed E-state index contributed by atoms with van der Waals surface area (Å²) >= 11 is 3.29. The van der Waals surface area contributed by atoms with E-state index < -0.39 is 0 Å². The van der Waals surface area contributed by atoms with Crippen molar-refractivity contribution in [2.45, 2.75) is 19.3 Å². The van der Waals surface area contributed by atoms with E-state index in [0.29, 0.717) is 28.7 Å². The van der Waals surface area contributed by atoms with Gasteiger partial charge in [0, 0.05) is 31.7 Å². The van der Waals surface area contributed by atoms with Crippen LogP contribution < -0.4 is 11.1 Å². The average molecular weight is 340 g/mol. The van der Waals surface area contributed by atoms with Gasteiger partial charge in [-0.25, -0.2) is 0 Å². The van der Waals surface area contributed by atoms with Crippen LogP contribution in [-0.2, 0) is 4.79 Å². The highest BCUT2D eigenvalue weighted by molar-refractivity contribution is 9.10. The molecular weight excluding hydrogens is 322 g/mol. The molecule has 2 amide bonds. The number of amides is 2. The van der Waals surface area contributed by atoms with E-state index in [1.165, 1.54) is 0 Å². The normalized spacial score (nSPS) is 14.3. The summed E-state index contributed by atoms with van der Waals surface area (Å²) in [4.78, 5) is 25.7. The molecule has 0 radical (unpaired) electrons. The van der Waals surface area contributed by atoms with Crippen molar-refractivity contribution in [3.05, 3.63) is 28.2 Å². The first-order chi connectivity index (χ1) is 9.59. The van der Waals surface area contributed by atoms with Gasteiger partial charge in [0.2, 0.25) is 5.91 Å². The molecule has 1 aromatic carbocycles. The Bertz CT molecular complexity index is 513. The highest BCUT2D eigenvalue weighted by Gasteiger charge is 2.18. The van der Waals surface area contributed by atoms with Gasteiger partial charge < -0.3 is 16.0 Å². The minimum absolute atomic E-state index is 0.106. The number of carbonyl (C=O) groups excluding carboxylic acids is 2. The van der Waals surface area contributed by atoms with Gasteiger partial charge in [-0.15, -0.1) is 0 Å². The maximum Gasteiger partial charge on any atom is 0.252 e. The largest absolute Gasteiger partial charge is 0.398 e. The Morgan fingerprint density at radius 1 is 1.30 bits per heavy atom. The standard InChI is InChI=1S/C14H18BrN3O2/c15-13-10(4-3-5-11(13)16)14(20)17-7-6-12(19)18-8-1-2-9-18/h3-5H,1-2,6-9,16H2,(H,17,20). The van der Waals surface area contributed by atoms with Gasteiger partial charge in [-0.1, -0.05) is 6.07 Å². The summed E-state index contributed by atoms with van der Waals surface area (Å²) in [6.07, 6.45) is 2.49. The summed E-state index contributed by atoms with van der Waals surface area (Å²) in [7, 11) is 0. The van der Waals surface area contributed by atoms with Crippen LogP contribution in [-0.4, -0.2) is 36.3 Å². The Hall–Kier alpha value is -1.56. The van der Waals surface area contributed by atoms with E-state index in [1.54, 1.807) is 18.2 Å². The van der Waals surface area contributed by atoms with Crippen molar-refractivity contribution < 1.29 is 9.59 Å². The number of hydrogen-bond donors (Lipinski definition) is 2. The van der Waals surface area contributed by atoms with Gasteiger partial charge in [-0.05, 0) is 40.9 Å². The number of anilines is 1. The van der Waals surface area contributed by atoms with Crippen LogP contribution in [0, 0.1) is 0 Å². The molecule has 5 nitrogen and oxygen atoms in total. The molecule has 1 saturated heterocycles. The quantitative estimate of drug-likeness (QED) is 0.821. The van der Waals surface area contributed by atoms with Crippen LogP contribution in [0.2, 0.25) is 0 Å². The van der Waals surface area contributed by atoms with Crippen molar-refractivity contribution in [3.63, 3.8) is 0 Å². The van der Waals surface area contributed by atoms with E-state index >= 15 is 0 Å². The lowest BCUT2D eigenvalue weighted by molar-refractivity contribution is -0.129. The molecule has 1 aliphatic rings. The molecule has 0 aliphatic carbocycles. The minimum atomic E-state index is -0.224. The maximum absolute atomic E-state index is 12.0. The van der Waals surface area contributed by atoms with Crippen LogP contribution in [0.5, 0.6) is 0 Å². The lowest BCUT2D eigenvalue weighted by atomic mass is 10.2. The van der Waals surface area contributed by atoms with E-state index in [9.17, 15) is 9.59 Å². The van der Waals surface area contributed by atoms with Crippen LogP contribution in [0.4, 0.5) is 5.69 Å². The molecule has 1 aromatic rings. The number of nitrogen functional groups attached to an aromatic ring is 1. The Kier molecular flexibility index (Phi) is 5.00. The predicted octanol–water partition coefficient (Wildman–Crippen LogP) is 1.77. The number of likely N-dealkylation sites (tertiary alicyclic amines) is 1. The second kappa shape index (κ2) is 6.74. The fourth-order valence-corrected chi connectivity index (χ4v) is 2.67. The number of rotatable bonds is 4. The summed E-state index contributed by atoms with van der Waals surface area (Å²) in [5.74, 6) is -0.118. The first-order valence-electron chi connectivity index (χ1n) is 6.69. The molecule has 0 atom stereocenters. The summed E-state index contributed by atoms with van der Waals surface area (Å²) < 4.78 is 0.586. The van der Waals surface area contributed by atoms with Crippen LogP contribution in [0.3, 0.4) is 0 Å². The number of hydrogen-bond acceptors (Lipinski definition) is 3. The van der Waals surface area contributed by atoms with Crippen molar-refractivity contribution in [1.82, 2.24) is 10.2 Å². The smallest absolute Gasteiger partial charge is 0.252 e. The third-order valence-electron chi connectivity index (χ3n) is 3.36. The van der Waals surface area contributed by atoms with Gasteiger partial charge in [0.15, 0.2) is 0 Å². The predicted molar refractivity (Wildman–Crippen MR) is 81.3 cm³/mol. The Morgan fingerprint density at radius 2 is 2.00 bits per heavy atom. The molecule has 0 spiro atoms. The molecule has 108 valence electrons. The molecule has 6 heteroatoms. The van der Waals surface area contributed by atoms with E-state index in [4.69, 9.17) is 5.73 Å². The van der Waals surface area contributed by atoms with E-state index in [-0.39, 0.29) is 11.8 Å². The monoisotopic (exact) mass is 339 g/mol. The second-order valence-electron chi connectivity index (χ2n) is 4.80. The molecular formula is C14H18BrN3O2. The summed E-state index contributed by atoms with van der Waals surface area (Å²) in [5, 5.41) is 2.75. The molecule has 1 heterocycles. The SMILES string of the molecule is Nc1cccc(C(=O)NCCC(=O)N2CCCC2)c1Br. The van der Waals surface area contributed by atoms with Crippen molar-refractivity contribution in [1.29, 1.82) is 0 Å². The number of nitrogens with zero attached hydrogens (tertiary/aromatic N) is 1. The van der Waals surface area contributed by atoms with Gasteiger partial charge >= 0.3 is 0 Å². The Morgan fingerprint density at radius 3 is 2.70 bits per heavy atom. The Labute approximate surface area is 126 Å². The zero-order chi connectivity index (χ0) is 14.5. The van der Waals surface area contributed by atoms with E-state index in [2.05, 4.69) is 21.2 Å². The van der Waals surface area contributed by atoms with Crippen molar-refractivity contribution >= 4 is 33.4 Å². The van der Waals surface area contributed by atoms with Crippen LogP contribution in [0.25, 0.3) is 0 Å². The third kappa shape index (κ3) is 3.50. The zero-order valence-corrected chi connectivity index (χ0v) is 12.8. The summed E-state index contributed by atoms with van der Waals surface area (Å²) in [6, 6.07) is 5.14. The zero-order valence-electron chi connectivity index (χ0n) is 11.2. The average Bonchev–Trinajstić information content (AvgIpc) is 2.95. The molecule has 2 rings (SSSR count). The third-order valence-corrected chi connectivity index (χ3v) is 4.24. The number of benzene rings is 1. The number of nitrogens with two attached hydrogens (primary N) is 1. The summed E-state index contributed by atoms with van der Waals surface area (Å²) in [5.41, 5.74) is 6.73. The second-order valence-corrected chi connectivity index (χ2v) is 5.60.